The third-order valence-electron chi connectivity index (χ3n) is 6.16. The molecule has 1 N–H and O–H groups in total. The van der Waals surface area contributed by atoms with E-state index in [9.17, 15) is 4.79 Å². The van der Waals surface area contributed by atoms with Gasteiger partial charge in [-0.1, -0.05) is 62.2 Å². The number of quaternary nitrogens is 1. The summed E-state index contributed by atoms with van der Waals surface area (Å²) in [6, 6.07) is 19.1. The average Bonchev–Trinajstić information content (AvgIpc) is 3.01. The molecule has 2 aromatic rings. The summed E-state index contributed by atoms with van der Waals surface area (Å²) in [5, 5.41) is 11.4. The van der Waals surface area contributed by atoms with Gasteiger partial charge < -0.3 is 19.7 Å². The van der Waals surface area contributed by atoms with Gasteiger partial charge in [0, 0.05) is 17.7 Å². The van der Waals surface area contributed by atoms with Gasteiger partial charge in [-0.05, 0) is 56.2 Å². The van der Waals surface area contributed by atoms with Crippen molar-refractivity contribution < 1.29 is 19.2 Å². The van der Waals surface area contributed by atoms with Gasteiger partial charge >= 0.3 is 0 Å². The third kappa shape index (κ3) is 9.23. The zero-order chi connectivity index (χ0) is 23.1. The lowest BCUT2D eigenvalue weighted by atomic mass is 10.1. The second-order valence-electron chi connectivity index (χ2n) is 8.80. The summed E-state index contributed by atoms with van der Waals surface area (Å²) in [6.45, 7) is 5.44. The van der Waals surface area contributed by atoms with Crippen LogP contribution >= 0.6 is 0 Å². The van der Waals surface area contributed by atoms with Gasteiger partial charge in [-0.2, -0.15) is 0 Å². The molecular weight excluding hydrogens is 400 g/mol. The van der Waals surface area contributed by atoms with Crippen molar-refractivity contribution in [3.63, 3.8) is 0 Å². The number of unbranched alkanes of at least 4 members (excludes halogenated alkanes) is 2. The van der Waals surface area contributed by atoms with Gasteiger partial charge in [0.15, 0.2) is 6.54 Å². The minimum Gasteiger partial charge on any atom is -0.554 e. The molecule has 1 aliphatic heterocycles. The molecule has 0 aromatic heterocycles. The van der Waals surface area contributed by atoms with Crippen LogP contribution in [-0.4, -0.2) is 36.5 Å². The highest BCUT2D eigenvalue weighted by atomic mass is 16.3. The molecule has 3 rings (SSSR count). The third-order valence-corrected chi connectivity index (χ3v) is 6.16. The number of nitrogens with zero attached hydrogens (tertiary/aromatic N) is 1. The molecule has 0 saturated carbocycles. The van der Waals surface area contributed by atoms with Crippen molar-refractivity contribution in [1.82, 2.24) is 0 Å². The molecule has 1 fully saturated rings. The first kappa shape index (κ1) is 25.6. The van der Waals surface area contributed by atoms with Gasteiger partial charge in [0.1, 0.15) is 6.54 Å². The van der Waals surface area contributed by atoms with Crippen molar-refractivity contribution in [3.8, 4) is 0 Å². The molecule has 174 valence electrons. The van der Waals surface area contributed by atoms with Gasteiger partial charge in [0.05, 0.1) is 13.1 Å². The fraction of sp³-hybridized carbons (Fsp3) is 0.481. The van der Waals surface area contributed by atoms with Crippen LogP contribution in [0.2, 0.25) is 0 Å². The Morgan fingerprint density at radius 1 is 0.938 bits per heavy atom. The maximum atomic E-state index is 13.0. The van der Waals surface area contributed by atoms with Crippen LogP contribution in [0.25, 0.3) is 0 Å². The number of amides is 1. The summed E-state index contributed by atoms with van der Waals surface area (Å²) < 4.78 is 0.880. The highest BCUT2D eigenvalue weighted by molar-refractivity contribution is 5.91. The molecule has 5 heteroatoms. The van der Waals surface area contributed by atoms with Crippen molar-refractivity contribution in [2.24, 2.45) is 0 Å². The largest absolute Gasteiger partial charge is 0.554 e. The molecule has 5 nitrogen and oxygen atoms in total. The fourth-order valence-electron chi connectivity index (χ4n) is 4.54. The molecule has 1 heterocycles. The Kier molecular flexibility index (Phi) is 11.5. The number of hydrogen-bond acceptors (Lipinski definition) is 3. The van der Waals surface area contributed by atoms with Crippen LogP contribution in [0, 0.1) is 0 Å². The number of carbonyl (C=O) groups is 2. The van der Waals surface area contributed by atoms with E-state index in [1.54, 1.807) is 0 Å². The minimum absolute atomic E-state index is 0.140. The average molecular weight is 439 g/mol. The van der Waals surface area contributed by atoms with Crippen LogP contribution in [-0.2, 0) is 22.6 Å². The number of anilines is 1. The Morgan fingerprint density at radius 2 is 1.56 bits per heavy atom. The number of rotatable bonds is 9. The van der Waals surface area contributed by atoms with Crippen molar-refractivity contribution in [2.75, 3.05) is 25.0 Å². The number of hydrogen-bond donors (Lipinski definition) is 1. The lowest BCUT2D eigenvalue weighted by Gasteiger charge is -2.37. The zero-order valence-electron chi connectivity index (χ0n) is 19.4. The predicted molar refractivity (Wildman–Crippen MR) is 128 cm³/mol. The summed E-state index contributed by atoms with van der Waals surface area (Å²) in [6.07, 6.45) is 9.89. The topological polar surface area (TPSA) is 69.2 Å². The summed E-state index contributed by atoms with van der Waals surface area (Å²) in [5.74, 6) is 0.140. The van der Waals surface area contributed by atoms with E-state index in [2.05, 4.69) is 66.8 Å². The molecule has 0 bridgehead atoms. The molecule has 0 atom stereocenters. The smallest absolute Gasteiger partial charge is 0.279 e. The first-order valence-electron chi connectivity index (χ1n) is 11.9. The monoisotopic (exact) mass is 438 g/mol. The number of aryl methyl sites for hydroxylation is 1. The van der Waals surface area contributed by atoms with Crippen molar-refractivity contribution in [1.29, 1.82) is 0 Å². The summed E-state index contributed by atoms with van der Waals surface area (Å²) in [5.41, 5.74) is 3.61. The van der Waals surface area contributed by atoms with Gasteiger partial charge in [-0.15, -0.1) is 0 Å². The van der Waals surface area contributed by atoms with E-state index in [0.29, 0.717) is 6.54 Å². The van der Waals surface area contributed by atoms with E-state index in [1.807, 2.05) is 0 Å². The quantitative estimate of drug-likeness (QED) is 0.360. The normalized spacial score (nSPS) is 15.0. The Morgan fingerprint density at radius 3 is 2.16 bits per heavy atom. The molecule has 2 aromatic carbocycles. The van der Waals surface area contributed by atoms with E-state index in [1.165, 1.54) is 56.1 Å². The SMILES string of the molecule is CCCCCc1ccc(NC(=O)C[N+]2(Cc3ccccc3)CCCCCC2)cc1.O=C[O-]. The molecule has 1 aliphatic rings. The summed E-state index contributed by atoms with van der Waals surface area (Å²) in [7, 11) is 0. The Balaban J connectivity index is 0.00000114. The van der Waals surface area contributed by atoms with Gasteiger partial charge in [0.2, 0.25) is 0 Å². The Bertz CT molecular complexity index is 782. The van der Waals surface area contributed by atoms with Gasteiger partial charge in [-0.25, -0.2) is 0 Å². The molecule has 1 amide bonds. The molecule has 32 heavy (non-hydrogen) atoms. The minimum atomic E-state index is -0.500. The van der Waals surface area contributed by atoms with Crippen LogP contribution in [0.4, 0.5) is 5.69 Å². The molecule has 1 saturated heterocycles. The van der Waals surface area contributed by atoms with E-state index >= 15 is 0 Å². The number of carbonyl (C=O) groups excluding carboxylic acids is 2. The van der Waals surface area contributed by atoms with Crippen LogP contribution in [0.3, 0.4) is 0 Å². The maximum absolute atomic E-state index is 13.0. The second-order valence-corrected chi connectivity index (χ2v) is 8.80. The molecule has 0 spiro atoms. The van der Waals surface area contributed by atoms with Crippen molar-refractivity contribution in [2.45, 2.75) is 64.8 Å². The number of likely N-dealkylation sites (tertiary alicyclic amines) is 1. The predicted octanol–water partition coefficient (Wildman–Crippen LogP) is 4.31. The van der Waals surface area contributed by atoms with Crippen LogP contribution in [0.15, 0.2) is 54.6 Å². The van der Waals surface area contributed by atoms with Gasteiger partial charge in [-0.3, -0.25) is 4.79 Å². The lowest BCUT2D eigenvalue weighted by Crippen LogP contribution is -2.52. The van der Waals surface area contributed by atoms with Crippen molar-refractivity contribution >= 4 is 18.1 Å². The maximum Gasteiger partial charge on any atom is 0.279 e. The van der Waals surface area contributed by atoms with E-state index in [-0.39, 0.29) is 5.91 Å². The molecule has 0 aliphatic carbocycles. The number of carboxylic acid groups (broad SMARTS) is 1. The van der Waals surface area contributed by atoms with E-state index in [0.717, 1.165) is 36.2 Å². The Hall–Kier alpha value is -2.66. The fourth-order valence-corrected chi connectivity index (χ4v) is 4.54. The first-order chi connectivity index (χ1) is 15.6. The highest BCUT2D eigenvalue weighted by Crippen LogP contribution is 2.23. The van der Waals surface area contributed by atoms with Gasteiger partial charge in [0.25, 0.3) is 5.91 Å². The molecule has 0 unspecified atom stereocenters. The highest BCUT2D eigenvalue weighted by Gasteiger charge is 2.31. The number of nitrogens with one attached hydrogen (secondary N) is 1. The lowest BCUT2D eigenvalue weighted by molar-refractivity contribution is -0.932. The number of benzene rings is 2. The molecular formula is C27H38N2O3. The van der Waals surface area contributed by atoms with Crippen molar-refractivity contribution in [3.05, 3.63) is 65.7 Å². The molecule has 0 radical (unpaired) electrons. The summed E-state index contributed by atoms with van der Waals surface area (Å²) >= 11 is 0. The van der Waals surface area contributed by atoms with Crippen LogP contribution in [0.1, 0.15) is 63.0 Å². The zero-order valence-corrected chi connectivity index (χ0v) is 19.4. The standard InChI is InChI=1S/C26H36N2O.CH2O2/c1-2-3-7-12-23-15-17-25(18-16-23)27-26(29)22-28(19-10-4-5-11-20-28)21-24-13-8-6-9-14-24;2-1-3/h6,8-9,13-18H,2-5,7,10-12,19-22H2,1H3;1H,(H,2,3). The van der Waals surface area contributed by atoms with Crippen LogP contribution in [0.5, 0.6) is 0 Å². The second kappa shape index (κ2) is 14.4. The summed E-state index contributed by atoms with van der Waals surface area (Å²) in [4.78, 5) is 21.2. The van der Waals surface area contributed by atoms with Crippen LogP contribution < -0.4 is 10.4 Å². The van der Waals surface area contributed by atoms with E-state index in [4.69, 9.17) is 9.90 Å². The van der Waals surface area contributed by atoms with E-state index < -0.39 is 6.47 Å². The Labute approximate surface area is 193 Å². The first-order valence-corrected chi connectivity index (χ1v) is 11.9.